The number of rotatable bonds is 11. The number of amides is 2. The highest BCUT2D eigenvalue weighted by Crippen LogP contribution is 2.26. The number of benzene rings is 3. The first-order valence-corrected chi connectivity index (χ1v) is 13.5. The molecule has 3 aromatic carbocycles. The van der Waals surface area contributed by atoms with Gasteiger partial charge in [-0.15, -0.1) is 0 Å². The number of nitrogens with one attached hydrogen (secondary N) is 1. The predicted molar refractivity (Wildman–Crippen MR) is 153 cm³/mol. The first-order valence-electron chi connectivity index (χ1n) is 12.7. The van der Waals surface area contributed by atoms with Crippen LogP contribution in [0.3, 0.4) is 0 Å². The van der Waals surface area contributed by atoms with E-state index in [0.717, 1.165) is 32.3 Å². The van der Waals surface area contributed by atoms with Gasteiger partial charge in [-0.2, -0.15) is 0 Å². The van der Waals surface area contributed by atoms with Crippen LogP contribution in [-0.2, 0) is 22.6 Å². The van der Waals surface area contributed by atoms with Crippen LogP contribution >= 0.6 is 15.9 Å². The fourth-order valence-corrected chi connectivity index (χ4v) is 4.43. The van der Waals surface area contributed by atoms with E-state index in [2.05, 4.69) is 35.1 Å². The van der Waals surface area contributed by atoms with Crippen LogP contribution in [0.4, 0.5) is 0 Å². The SMILES string of the molecule is Cc1cccc(CN(C(=O)COc2cc(C)c(Br)c(C)c2)[C@@H](Cc2ccccc2)C(=O)NCC(C)C)c1. The average Bonchev–Trinajstić information content (AvgIpc) is 2.87. The fourth-order valence-electron chi connectivity index (χ4n) is 4.20. The molecule has 0 aromatic heterocycles. The number of ether oxygens (including phenoxy) is 1. The van der Waals surface area contributed by atoms with E-state index in [4.69, 9.17) is 4.74 Å². The first-order chi connectivity index (χ1) is 17.6. The Balaban J connectivity index is 1.91. The summed E-state index contributed by atoms with van der Waals surface area (Å²) in [7, 11) is 0. The van der Waals surface area contributed by atoms with Crippen LogP contribution in [0.5, 0.6) is 5.75 Å². The number of hydrogen-bond donors (Lipinski definition) is 1. The van der Waals surface area contributed by atoms with Crippen molar-refractivity contribution in [3.05, 3.63) is 99.0 Å². The number of carbonyl (C=O) groups excluding carboxylic acids is 2. The summed E-state index contributed by atoms with van der Waals surface area (Å²) in [5.41, 5.74) is 5.14. The van der Waals surface area contributed by atoms with E-state index in [1.807, 2.05) is 87.5 Å². The lowest BCUT2D eigenvalue weighted by Gasteiger charge is -2.32. The van der Waals surface area contributed by atoms with Crippen molar-refractivity contribution in [3.63, 3.8) is 0 Å². The summed E-state index contributed by atoms with van der Waals surface area (Å²) < 4.78 is 6.99. The molecule has 3 aromatic rings. The molecule has 1 N–H and O–H groups in total. The molecule has 1 atom stereocenters. The molecule has 0 fully saturated rings. The Morgan fingerprint density at radius 3 is 2.19 bits per heavy atom. The van der Waals surface area contributed by atoms with Crippen LogP contribution in [0.15, 0.2) is 71.2 Å². The normalized spacial score (nSPS) is 11.8. The third kappa shape index (κ3) is 8.46. The minimum absolute atomic E-state index is 0.158. The zero-order chi connectivity index (χ0) is 26.9. The van der Waals surface area contributed by atoms with Crippen molar-refractivity contribution in [2.24, 2.45) is 5.92 Å². The van der Waals surface area contributed by atoms with E-state index in [-0.39, 0.29) is 18.4 Å². The molecule has 0 bridgehead atoms. The van der Waals surface area contributed by atoms with Gasteiger partial charge in [0.15, 0.2) is 6.61 Å². The Labute approximate surface area is 229 Å². The average molecular weight is 566 g/mol. The molecular weight excluding hydrogens is 528 g/mol. The number of carbonyl (C=O) groups is 2. The van der Waals surface area contributed by atoms with Crippen molar-refractivity contribution in [1.29, 1.82) is 0 Å². The van der Waals surface area contributed by atoms with Gasteiger partial charge in [0.1, 0.15) is 11.8 Å². The van der Waals surface area contributed by atoms with Crippen molar-refractivity contribution >= 4 is 27.7 Å². The van der Waals surface area contributed by atoms with E-state index in [1.165, 1.54) is 0 Å². The van der Waals surface area contributed by atoms with E-state index in [0.29, 0.717) is 31.2 Å². The van der Waals surface area contributed by atoms with Crippen LogP contribution in [0.25, 0.3) is 0 Å². The second-order valence-corrected chi connectivity index (χ2v) is 10.8. The minimum Gasteiger partial charge on any atom is -0.484 e. The first kappa shape index (κ1) is 28.5. The molecule has 0 unspecified atom stereocenters. The summed E-state index contributed by atoms with van der Waals surface area (Å²) in [4.78, 5) is 28.9. The molecule has 196 valence electrons. The summed E-state index contributed by atoms with van der Waals surface area (Å²) >= 11 is 3.58. The van der Waals surface area contributed by atoms with Gasteiger partial charge < -0.3 is 15.0 Å². The minimum atomic E-state index is -0.675. The van der Waals surface area contributed by atoms with Crippen LogP contribution in [0.2, 0.25) is 0 Å². The lowest BCUT2D eigenvalue weighted by molar-refractivity contribution is -0.142. The van der Waals surface area contributed by atoms with Gasteiger partial charge in [-0.1, -0.05) is 89.9 Å². The Morgan fingerprint density at radius 1 is 0.919 bits per heavy atom. The molecule has 5 nitrogen and oxygen atoms in total. The molecule has 0 radical (unpaired) electrons. The van der Waals surface area contributed by atoms with Crippen molar-refractivity contribution in [3.8, 4) is 5.75 Å². The zero-order valence-corrected chi connectivity index (χ0v) is 24.0. The Bertz CT molecular complexity index is 1190. The van der Waals surface area contributed by atoms with Crippen LogP contribution in [-0.4, -0.2) is 35.9 Å². The molecule has 0 aliphatic rings. The Kier molecular flexibility index (Phi) is 10.3. The molecule has 0 aliphatic carbocycles. The van der Waals surface area contributed by atoms with Gasteiger partial charge in [-0.25, -0.2) is 0 Å². The highest BCUT2D eigenvalue weighted by molar-refractivity contribution is 9.10. The Morgan fingerprint density at radius 2 is 1.57 bits per heavy atom. The van der Waals surface area contributed by atoms with Crippen LogP contribution < -0.4 is 10.1 Å². The summed E-state index contributed by atoms with van der Waals surface area (Å²) in [5.74, 6) is 0.537. The molecule has 0 saturated carbocycles. The van der Waals surface area contributed by atoms with Gasteiger partial charge >= 0.3 is 0 Å². The van der Waals surface area contributed by atoms with Crippen molar-refractivity contribution in [2.45, 2.75) is 53.6 Å². The summed E-state index contributed by atoms with van der Waals surface area (Å²) in [6.45, 7) is 10.8. The topological polar surface area (TPSA) is 58.6 Å². The second-order valence-electron chi connectivity index (χ2n) is 10.0. The third-order valence-electron chi connectivity index (χ3n) is 6.16. The van der Waals surface area contributed by atoms with Gasteiger partial charge in [-0.3, -0.25) is 9.59 Å². The number of nitrogens with zero attached hydrogens (tertiary/aromatic N) is 1. The predicted octanol–water partition coefficient (Wildman–Crippen LogP) is 6.17. The lowest BCUT2D eigenvalue weighted by Crippen LogP contribution is -2.52. The quantitative estimate of drug-likeness (QED) is 0.303. The lowest BCUT2D eigenvalue weighted by atomic mass is 10.0. The highest BCUT2D eigenvalue weighted by atomic mass is 79.9. The van der Waals surface area contributed by atoms with E-state index < -0.39 is 6.04 Å². The molecule has 2 amide bonds. The summed E-state index contributed by atoms with van der Waals surface area (Å²) in [6.07, 6.45) is 0.416. The van der Waals surface area contributed by atoms with Crippen molar-refractivity contribution in [1.82, 2.24) is 10.2 Å². The van der Waals surface area contributed by atoms with E-state index >= 15 is 0 Å². The standard InChI is InChI=1S/C31H37BrN2O3/c1-21(2)18-33-31(36)28(17-25-11-7-6-8-12-25)34(19-26-13-9-10-22(3)14-26)29(35)20-37-27-15-23(4)30(32)24(5)16-27/h6-16,21,28H,17-20H2,1-5H3,(H,33,36)/t28-/m0/s1. The van der Waals surface area contributed by atoms with E-state index in [9.17, 15) is 9.59 Å². The summed E-state index contributed by atoms with van der Waals surface area (Å²) in [6, 6.07) is 21.0. The number of aryl methyl sites for hydroxylation is 3. The number of halogens is 1. The molecule has 0 aliphatic heterocycles. The maximum Gasteiger partial charge on any atom is 0.261 e. The van der Waals surface area contributed by atoms with Gasteiger partial charge in [0, 0.05) is 24.0 Å². The number of hydrogen-bond acceptors (Lipinski definition) is 3. The van der Waals surface area contributed by atoms with Gasteiger partial charge in [0.05, 0.1) is 0 Å². The molecule has 37 heavy (non-hydrogen) atoms. The maximum absolute atomic E-state index is 13.7. The zero-order valence-electron chi connectivity index (χ0n) is 22.4. The summed E-state index contributed by atoms with van der Waals surface area (Å²) in [5, 5.41) is 3.05. The Hall–Kier alpha value is -3.12. The van der Waals surface area contributed by atoms with Gasteiger partial charge in [0.2, 0.25) is 5.91 Å². The van der Waals surface area contributed by atoms with Crippen molar-refractivity contribution < 1.29 is 14.3 Å². The fraction of sp³-hybridized carbons (Fsp3) is 0.355. The highest BCUT2D eigenvalue weighted by Gasteiger charge is 2.30. The second kappa shape index (κ2) is 13.4. The molecule has 3 rings (SSSR count). The molecular formula is C31H37BrN2O3. The van der Waals surface area contributed by atoms with Crippen LogP contribution in [0.1, 0.15) is 41.7 Å². The van der Waals surface area contributed by atoms with Crippen molar-refractivity contribution in [2.75, 3.05) is 13.2 Å². The van der Waals surface area contributed by atoms with Gasteiger partial charge in [0.25, 0.3) is 5.91 Å². The van der Waals surface area contributed by atoms with Gasteiger partial charge in [-0.05, 0) is 61.1 Å². The molecule has 0 saturated heterocycles. The molecule has 0 spiro atoms. The maximum atomic E-state index is 13.7. The van der Waals surface area contributed by atoms with Crippen LogP contribution in [0, 0.1) is 26.7 Å². The molecule has 6 heteroatoms. The smallest absolute Gasteiger partial charge is 0.261 e. The monoisotopic (exact) mass is 564 g/mol. The largest absolute Gasteiger partial charge is 0.484 e. The molecule has 0 heterocycles. The van der Waals surface area contributed by atoms with E-state index in [1.54, 1.807) is 4.90 Å². The third-order valence-corrected chi connectivity index (χ3v) is 7.41.